The average molecular weight is 334 g/mol. The molecule has 10 heteroatoms. The van der Waals surface area contributed by atoms with Crippen LogP contribution in [0.5, 0.6) is 0 Å². The van der Waals surface area contributed by atoms with Crippen LogP contribution >= 0.6 is 7.60 Å². The van der Waals surface area contributed by atoms with Gasteiger partial charge in [0.05, 0.1) is 25.4 Å². The van der Waals surface area contributed by atoms with Crippen molar-refractivity contribution in [2.75, 3.05) is 18.7 Å². The minimum atomic E-state index is -3.33. The van der Waals surface area contributed by atoms with E-state index in [0.717, 1.165) is 0 Å². The number of hydrogen-bond acceptors (Lipinski definition) is 8. The first-order chi connectivity index (χ1) is 10.2. The summed E-state index contributed by atoms with van der Waals surface area (Å²) in [5.41, 5.74) is 4.78. The second kappa shape index (κ2) is 8.38. The standard InChI is InChI=1S/C12H23N4O5P/c1-9(2)20-22(18,21-10(3)4)8-19-6-5-16-7-14-11(13)15-12(16)17/h7,9-10H,5-6,8H2,1-4H3,(H2,13,15,17). The molecule has 1 aromatic rings. The number of ether oxygens (including phenoxy) is 1. The zero-order valence-electron chi connectivity index (χ0n) is 13.3. The average Bonchev–Trinajstić information content (AvgIpc) is 2.34. The summed E-state index contributed by atoms with van der Waals surface area (Å²) in [6.45, 7) is 7.41. The highest BCUT2D eigenvalue weighted by atomic mass is 31.2. The fraction of sp³-hybridized carbons (Fsp3) is 0.750. The maximum atomic E-state index is 12.5. The van der Waals surface area contributed by atoms with Gasteiger partial charge in [-0.25, -0.2) is 9.78 Å². The molecule has 0 aliphatic carbocycles. The minimum Gasteiger partial charge on any atom is -0.368 e. The Balaban J connectivity index is 2.52. The highest BCUT2D eigenvalue weighted by molar-refractivity contribution is 7.53. The van der Waals surface area contributed by atoms with Crippen molar-refractivity contribution in [3.8, 4) is 0 Å². The van der Waals surface area contributed by atoms with E-state index < -0.39 is 13.3 Å². The highest BCUT2D eigenvalue weighted by Gasteiger charge is 2.28. The predicted molar refractivity (Wildman–Crippen MR) is 81.6 cm³/mol. The third-order valence-electron chi connectivity index (χ3n) is 2.25. The van der Waals surface area contributed by atoms with Crippen molar-refractivity contribution in [1.82, 2.24) is 14.5 Å². The molecule has 0 radical (unpaired) electrons. The maximum Gasteiger partial charge on any atom is 0.356 e. The van der Waals surface area contributed by atoms with E-state index in [1.807, 2.05) is 0 Å². The van der Waals surface area contributed by atoms with E-state index in [9.17, 15) is 9.36 Å². The summed E-state index contributed by atoms with van der Waals surface area (Å²) in [5.74, 6) is -0.0812. The smallest absolute Gasteiger partial charge is 0.356 e. The van der Waals surface area contributed by atoms with Crippen LogP contribution in [-0.4, -0.2) is 39.7 Å². The van der Waals surface area contributed by atoms with Crippen LogP contribution in [-0.2, 0) is 24.9 Å². The Morgan fingerprint density at radius 3 is 2.36 bits per heavy atom. The molecule has 0 saturated heterocycles. The van der Waals surface area contributed by atoms with Crippen LogP contribution in [0.15, 0.2) is 11.1 Å². The van der Waals surface area contributed by atoms with Crippen LogP contribution < -0.4 is 11.4 Å². The second-order valence-corrected chi connectivity index (χ2v) is 7.05. The molecule has 0 unspecified atom stereocenters. The first kappa shape index (κ1) is 18.8. The van der Waals surface area contributed by atoms with E-state index in [1.165, 1.54) is 10.9 Å². The van der Waals surface area contributed by atoms with Gasteiger partial charge in [0.25, 0.3) is 0 Å². The zero-order valence-corrected chi connectivity index (χ0v) is 14.2. The molecule has 126 valence electrons. The number of nitrogens with zero attached hydrogens (tertiary/aromatic N) is 3. The van der Waals surface area contributed by atoms with E-state index in [2.05, 4.69) is 9.97 Å². The topological polar surface area (TPSA) is 119 Å². The summed E-state index contributed by atoms with van der Waals surface area (Å²) in [7, 11) is -3.33. The Kier molecular flexibility index (Phi) is 7.15. The molecule has 9 nitrogen and oxygen atoms in total. The van der Waals surface area contributed by atoms with Gasteiger partial charge in [-0.3, -0.25) is 9.13 Å². The lowest BCUT2D eigenvalue weighted by molar-refractivity contribution is 0.0954. The molecule has 0 spiro atoms. The molecule has 2 N–H and O–H groups in total. The van der Waals surface area contributed by atoms with Crippen molar-refractivity contribution in [3.63, 3.8) is 0 Å². The van der Waals surface area contributed by atoms with Gasteiger partial charge in [0.1, 0.15) is 12.7 Å². The van der Waals surface area contributed by atoms with Crippen LogP contribution in [0.3, 0.4) is 0 Å². The molecular weight excluding hydrogens is 311 g/mol. The fourth-order valence-electron chi connectivity index (χ4n) is 1.59. The SMILES string of the molecule is CC(C)OP(=O)(COCCn1cnc(N)nc1=O)OC(C)C. The number of anilines is 1. The predicted octanol–water partition coefficient (Wildman–Crippen LogP) is 1.24. The molecule has 0 aliphatic heterocycles. The van der Waals surface area contributed by atoms with E-state index in [1.54, 1.807) is 27.7 Å². The Hall–Kier alpha value is -1.28. The molecule has 0 aliphatic rings. The Morgan fingerprint density at radius 1 is 1.27 bits per heavy atom. The van der Waals surface area contributed by atoms with E-state index in [-0.39, 0.29) is 37.7 Å². The normalized spacial score (nSPS) is 12.3. The van der Waals surface area contributed by atoms with Crippen LogP contribution in [0.25, 0.3) is 0 Å². The van der Waals surface area contributed by atoms with Gasteiger partial charge in [0.15, 0.2) is 0 Å². The summed E-state index contributed by atoms with van der Waals surface area (Å²) in [4.78, 5) is 18.7. The molecule has 0 saturated carbocycles. The molecular formula is C12H23N4O5P. The third-order valence-corrected chi connectivity index (χ3v) is 4.24. The van der Waals surface area contributed by atoms with Crippen molar-refractivity contribution in [2.24, 2.45) is 0 Å². The molecule has 1 aromatic heterocycles. The summed E-state index contributed by atoms with van der Waals surface area (Å²) < 4.78 is 29.7. The van der Waals surface area contributed by atoms with Crippen LogP contribution in [0.4, 0.5) is 5.95 Å². The van der Waals surface area contributed by atoms with E-state index >= 15 is 0 Å². The lowest BCUT2D eigenvalue weighted by atomic mass is 10.5. The molecule has 0 bridgehead atoms. The molecule has 0 amide bonds. The van der Waals surface area contributed by atoms with Crippen LogP contribution in [0, 0.1) is 0 Å². The first-order valence-corrected chi connectivity index (χ1v) is 8.67. The van der Waals surface area contributed by atoms with Crippen molar-refractivity contribution in [2.45, 2.75) is 46.4 Å². The van der Waals surface area contributed by atoms with Gasteiger partial charge in [0.2, 0.25) is 5.95 Å². The van der Waals surface area contributed by atoms with E-state index in [0.29, 0.717) is 0 Å². The zero-order chi connectivity index (χ0) is 16.8. The quantitative estimate of drug-likeness (QED) is 0.529. The lowest BCUT2D eigenvalue weighted by Gasteiger charge is -2.22. The minimum absolute atomic E-state index is 0.0812. The van der Waals surface area contributed by atoms with E-state index in [4.69, 9.17) is 19.5 Å². The second-order valence-electron chi connectivity index (χ2n) is 5.15. The van der Waals surface area contributed by atoms with Crippen LogP contribution in [0.1, 0.15) is 27.7 Å². The van der Waals surface area contributed by atoms with Gasteiger partial charge in [0, 0.05) is 0 Å². The molecule has 0 atom stereocenters. The summed E-state index contributed by atoms with van der Waals surface area (Å²) in [6, 6.07) is 0. The Morgan fingerprint density at radius 2 is 1.86 bits per heavy atom. The largest absolute Gasteiger partial charge is 0.368 e. The van der Waals surface area contributed by atoms with Gasteiger partial charge in [-0.2, -0.15) is 4.98 Å². The molecule has 1 heterocycles. The Labute approximate surface area is 129 Å². The van der Waals surface area contributed by atoms with Crippen molar-refractivity contribution in [1.29, 1.82) is 0 Å². The number of rotatable bonds is 9. The number of nitrogen functional groups attached to an aromatic ring is 1. The monoisotopic (exact) mass is 334 g/mol. The number of nitrogens with two attached hydrogens (primary N) is 1. The molecule has 0 aromatic carbocycles. The maximum absolute atomic E-state index is 12.5. The Bertz CT molecular complexity index is 561. The fourth-order valence-corrected chi connectivity index (χ4v) is 3.40. The number of hydrogen-bond donors (Lipinski definition) is 1. The third kappa shape index (κ3) is 6.65. The summed E-state index contributed by atoms with van der Waals surface area (Å²) >= 11 is 0. The lowest BCUT2D eigenvalue weighted by Crippen LogP contribution is -2.26. The van der Waals surface area contributed by atoms with Crippen LogP contribution in [0.2, 0.25) is 0 Å². The summed E-state index contributed by atoms with van der Waals surface area (Å²) in [5, 5.41) is 0. The van der Waals surface area contributed by atoms with Crippen molar-refractivity contribution >= 4 is 13.5 Å². The molecule has 0 fully saturated rings. The number of aromatic nitrogens is 3. The highest BCUT2D eigenvalue weighted by Crippen LogP contribution is 2.50. The molecule has 22 heavy (non-hydrogen) atoms. The van der Waals surface area contributed by atoms with Gasteiger partial charge >= 0.3 is 13.3 Å². The summed E-state index contributed by atoms with van der Waals surface area (Å²) in [6.07, 6.45) is 0.596. The van der Waals surface area contributed by atoms with Gasteiger partial charge < -0.3 is 19.5 Å². The molecule has 1 rings (SSSR count). The van der Waals surface area contributed by atoms with Gasteiger partial charge in [-0.05, 0) is 27.7 Å². The van der Waals surface area contributed by atoms with Crippen molar-refractivity contribution < 1.29 is 18.3 Å². The van der Waals surface area contributed by atoms with Gasteiger partial charge in [-0.1, -0.05) is 0 Å². The first-order valence-electron chi connectivity index (χ1n) is 6.94. The van der Waals surface area contributed by atoms with Crippen molar-refractivity contribution in [3.05, 3.63) is 16.8 Å². The van der Waals surface area contributed by atoms with Gasteiger partial charge in [-0.15, -0.1) is 0 Å².